The zero-order valence-electron chi connectivity index (χ0n) is 9.26. The summed E-state index contributed by atoms with van der Waals surface area (Å²) < 4.78 is 2.12. The van der Waals surface area contributed by atoms with E-state index in [2.05, 4.69) is 21.7 Å². The number of fused-ring (bicyclic) bond motifs is 1. The first-order valence-corrected chi connectivity index (χ1v) is 6.66. The van der Waals surface area contributed by atoms with Crippen LogP contribution in [0, 0.1) is 11.3 Å². The van der Waals surface area contributed by atoms with Crippen molar-refractivity contribution in [2.24, 2.45) is 0 Å². The molecule has 0 aliphatic carbocycles. The summed E-state index contributed by atoms with van der Waals surface area (Å²) >= 11 is 1.87. The highest BCUT2D eigenvalue weighted by atomic mass is 32.2. The summed E-state index contributed by atoms with van der Waals surface area (Å²) in [5.74, 6) is 2.03. The maximum Gasteiger partial charge on any atom is 0.129 e. The van der Waals surface area contributed by atoms with E-state index in [1.165, 1.54) is 5.69 Å². The summed E-state index contributed by atoms with van der Waals surface area (Å²) in [7, 11) is 0. The van der Waals surface area contributed by atoms with Gasteiger partial charge in [-0.1, -0.05) is 6.07 Å². The predicted molar refractivity (Wildman–Crippen MR) is 68.5 cm³/mol. The van der Waals surface area contributed by atoms with Gasteiger partial charge in [0.1, 0.15) is 11.8 Å². The molecule has 0 unspecified atom stereocenters. The maximum absolute atomic E-state index is 9.32. The smallest absolute Gasteiger partial charge is 0.129 e. The molecule has 1 aliphatic rings. The third-order valence-corrected chi connectivity index (χ3v) is 3.92. The number of nitrogens with zero attached hydrogens (tertiary/aromatic N) is 3. The second kappa shape index (κ2) is 4.27. The second-order valence-electron chi connectivity index (χ2n) is 3.97. The number of nitriles is 1. The molecular weight excluding hydrogens is 230 g/mol. The molecule has 0 N–H and O–H groups in total. The van der Waals surface area contributed by atoms with Gasteiger partial charge in [-0.25, -0.2) is 0 Å². The Morgan fingerprint density at radius 3 is 3.18 bits per heavy atom. The molecule has 3 nitrogen and oxygen atoms in total. The van der Waals surface area contributed by atoms with Crippen LogP contribution in [0.25, 0.3) is 11.1 Å². The third-order valence-electron chi connectivity index (χ3n) is 2.98. The predicted octanol–water partition coefficient (Wildman–Crippen LogP) is 2.67. The summed E-state index contributed by atoms with van der Waals surface area (Å²) in [6.07, 6.45) is 4.61. The van der Waals surface area contributed by atoms with Crippen LogP contribution in [0.2, 0.25) is 0 Å². The van der Waals surface area contributed by atoms with Gasteiger partial charge in [-0.15, -0.1) is 11.8 Å². The molecule has 4 heteroatoms. The second-order valence-corrected chi connectivity index (χ2v) is 5.04. The van der Waals surface area contributed by atoms with Crippen molar-refractivity contribution in [1.29, 1.82) is 5.26 Å². The van der Waals surface area contributed by atoms with Gasteiger partial charge < -0.3 is 4.57 Å². The number of rotatable bonds is 1. The topological polar surface area (TPSA) is 41.6 Å². The number of hydrogen-bond donors (Lipinski definition) is 0. The lowest BCUT2D eigenvalue weighted by atomic mass is 10.1. The highest BCUT2D eigenvalue weighted by molar-refractivity contribution is 7.98. The molecule has 0 spiro atoms. The molecule has 17 heavy (non-hydrogen) atoms. The van der Waals surface area contributed by atoms with Crippen LogP contribution in [0.3, 0.4) is 0 Å². The molecule has 2 aromatic heterocycles. The summed E-state index contributed by atoms with van der Waals surface area (Å²) in [6.45, 7) is 0. The van der Waals surface area contributed by atoms with Gasteiger partial charge in [-0.05, 0) is 18.6 Å². The van der Waals surface area contributed by atoms with E-state index in [0.29, 0.717) is 0 Å². The summed E-state index contributed by atoms with van der Waals surface area (Å²) in [4.78, 5) is 4.12. The molecule has 0 bridgehead atoms. The Morgan fingerprint density at radius 1 is 1.47 bits per heavy atom. The molecule has 3 heterocycles. The fourth-order valence-corrected chi connectivity index (χ4v) is 3.11. The fraction of sp³-hybridized carbons (Fsp3) is 0.231. The minimum Gasteiger partial charge on any atom is -0.326 e. The van der Waals surface area contributed by atoms with Crippen molar-refractivity contribution in [3.05, 3.63) is 42.0 Å². The Hall–Kier alpha value is -1.73. The lowest BCUT2D eigenvalue weighted by Crippen LogP contribution is -2.10. The van der Waals surface area contributed by atoms with Crippen molar-refractivity contribution in [1.82, 2.24) is 9.55 Å². The van der Waals surface area contributed by atoms with Crippen molar-refractivity contribution < 1.29 is 0 Å². The lowest BCUT2D eigenvalue weighted by Gasteiger charge is -2.14. The molecule has 3 rings (SSSR count). The minimum atomic E-state index is 0.764. The number of hydrogen-bond acceptors (Lipinski definition) is 3. The van der Waals surface area contributed by atoms with Gasteiger partial charge in [-0.2, -0.15) is 5.26 Å². The SMILES string of the molecule is N#Cc1c(-c2cccnc2)cc2n1CSCC2. The van der Waals surface area contributed by atoms with E-state index in [4.69, 9.17) is 0 Å². The average Bonchev–Trinajstić information content (AvgIpc) is 2.78. The van der Waals surface area contributed by atoms with Crippen LogP contribution in [0.1, 0.15) is 11.4 Å². The van der Waals surface area contributed by atoms with Crippen molar-refractivity contribution in [2.75, 3.05) is 5.75 Å². The molecule has 0 radical (unpaired) electrons. The van der Waals surface area contributed by atoms with E-state index in [1.807, 2.05) is 30.1 Å². The van der Waals surface area contributed by atoms with Crippen LogP contribution < -0.4 is 0 Å². The molecular formula is C13H11N3S. The zero-order chi connectivity index (χ0) is 11.7. The highest BCUT2D eigenvalue weighted by Gasteiger charge is 2.18. The number of thioether (sulfide) groups is 1. The van der Waals surface area contributed by atoms with Gasteiger partial charge in [0, 0.05) is 35.0 Å². The van der Waals surface area contributed by atoms with Gasteiger partial charge in [0.2, 0.25) is 0 Å². The molecule has 0 saturated carbocycles. The van der Waals surface area contributed by atoms with Crippen LogP contribution in [-0.2, 0) is 12.3 Å². The van der Waals surface area contributed by atoms with E-state index in [9.17, 15) is 5.26 Å². The van der Waals surface area contributed by atoms with E-state index < -0.39 is 0 Å². The molecule has 1 aliphatic heterocycles. The molecule has 0 saturated heterocycles. The fourth-order valence-electron chi connectivity index (χ4n) is 2.15. The summed E-state index contributed by atoms with van der Waals surface area (Å²) in [6, 6.07) is 8.37. The summed E-state index contributed by atoms with van der Waals surface area (Å²) in [5, 5.41) is 9.32. The van der Waals surface area contributed by atoms with Crippen molar-refractivity contribution in [3.8, 4) is 17.2 Å². The van der Waals surface area contributed by atoms with Crippen molar-refractivity contribution in [2.45, 2.75) is 12.3 Å². The third kappa shape index (κ3) is 1.73. The molecule has 84 valence electrons. The molecule has 0 fully saturated rings. The number of aryl methyl sites for hydroxylation is 1. The van der Waals surface area contributed by atoms with E-state index in [0.717, 1.165) is 34.9 Å². The molecule has 2 aromatic rings. The Labute approximate surface area is 104 Å². The van der Waals surface area contributed by atoms with Gasteiger partial charge in [0.25, 0.3) is 0 Å². The Morgan fingerprint density at radius 2 is 2.41 bits per heavy atom. The average molecular weight is 241 g/mol. The maximum atomic E-state index is 9.32. The van der Waals surface area contributed by atoms with Crippen LogP contribution in [-0.4, -0.2) is 15.3 Å². The van der Waals surface area contributed by atoms with Crippen LogP contribution in [0.15, 0.2) is 30.6 Å². The molecule has 0 aromatic carbocycles. The Balaban J connectivity index is 2.18. The first kappa shape index (κ1) is 10.4. The van der Waals surface area contributed by atoms with Crippen molar-refractivity contribution >= 4 is 11.8 Å². The van der Waals surface area contributed by atoms with Crippen LogP contribution in [0.5, 0.6) is 0 Å². The Kier molecular flexibility index (Phi) is 2.62. The first-order chi connectivity index (χ1) is 8.40. The van der Waals surface area contributed by atoms with Gasteiger partial charge in [0.15, 0.2) is 0 Å². The van der Waals surface area contributed by atoms with Gasteiger partial charge >= 0.3 is 0 Å². The number of pyridine rings is 1. The quantitative estimate of drug-likeness (QED) is 0.770. The van der Waals surface area contributed by atoms with Gasteiger partial charge in [0.05, 0.1) is 5.88 Å². The number of aromatic nitrogens is 2. The highest BCUT2D eigenvalue weighted by Crippen LogP contribution is 2.30. The van der Waals surface area contributed by atoms with Crippen molar-refractivity contribution in [3.63, 3.8) is 0 Å². The molecule has 0 amide bonds. The molecule has 0 atom stereocenters. The Bertz CT molecular complexity index is 581. The minimum absolute atomic E-state index is 0.764. The standard InChI is InChI=1S/C13H11N3S/c14-7-13-12(10-2-1-4-15-8-10)6-11-3-5-17-9-16(11)13/h1-2,4,6,8H,3,5,9H2. The lowest BCUT2D eigenvalue weighted by molar-refractivity contribution is 0.790. The largest absolute Gasteiger partial charge is 0.326 e. The normalized spacial score (nSPS) is 14.1. The van der Waals surface area contributed by atoms with Gasteiger partial charge in [-0.3, -0.25) is 4.98 Å². The van der Waals surface area contributed by atoms with Crippen LogP contribution >= 0.6 is 11.8 Å². The zero-order valence-corrected chi connectivity index (χ0v) is 10.1. The van der Waals surface area contributed by atoms with E-state index >= 15 is 0 Å². The van der Waals surface area contributed by atoms with E-state index in [1.54, 1.807) is 6.20 Å². The monoisotopic (exact) mass is 241 g/mol. The first-order valence-electron chi connectivity index (χ1n) is 5.51. The summed E-state index contributed by atoms with van der Waals surface area (Å²) in [5.41, 5.74) is 4.06. The van der Waals surface area contributed by atoms with Crippen LogP contribution in [0.4, 0.5) is 0 Å². The van der Waals surface area contributed by atoms with E-state index in [-0.39, 0.29) is 0 Å².